The van der Waals surface area contributed by atoms with Crippen molar-refractivity contribution in [3.63, 3.8) is 0 Å². The molecular weight excluding hydrogens is 214 g/mol. The van der Waals surface area contributed by atoms with Crippen molar-refractivity contribution in [2.24, 2.45) is 5.73 Å². The van der Waals surface area contributed by atoms with Gasteiger partial charge in [0.1, 0.15) is 0 Å². The maximum Gasteiger partial charge on any atom is 0.0805 e. The highest BCUT2D eigenvalue weighted by molar-refractivity contribution is 5.08. The first-order valence-corrected chi connectivity index (χ1v) is 6.46. The number of ether oxygens (including phenoxy) is 1. The lowest BCUT2D eigenvalue weighted by atomic mass is 9.90. The average molecular weight is 239 g/mol. The SMILES string of the molecule is CCOC(C)(CC)C(N)Cc1cnn(CC)c1. The quantitative estimate of drug-likeness (QED) is 0.791. The zero-order valence-corrected chi connectivity index (χ0v) is 11.4. The summed E-state index contributed by atoms with van der Waals surface area (Å²) in [5.74, 6) is 0. The van der Waals surface area contributed by atoms with Gasteiger partial charge >= 0.3 is 0 Å². The Morgan fingerprint density at radius 3 is 2.65 bits per heavy atom. The van der Waals surface area contributed by atoms with E-state index in [9.17, 15) is 0 Å². The molecule has 0 aliphatic heterocycles. The van der Waals surface area contributed by atoms with Crippen LogP contribution in [0.1, 0.15) is 39.7 Å². The first kappa shape index (κ1) is 14.2. The van der Waals surface area contributed by atoms with Crippen LogP contribution in [-0.2, 0) is 17.7 Å². The summed E-state index contributed by atoms with van der Waals surface area (Å²) in [7, 11) is 0. The molecule has 4 heteroatoms. The highest BCUT2D eigenvalue weighted by atomic mass is 16.5. The van der Waals surface area contributed by atoms with E-state index in [1.807, 2.05) is 17.8 Å². The second kappa shape index (κ2) is 6.17. The van der Waals surface area contributed by atoms with Crippen molar-refractivity contribution in [3.05, 3.63) is 18.0 Å². The molecule has 1 rings (SSSR count). The summed E-state index contributed by atoms with van der Waals surface area (Å²) in [6, 6.07) is 0.00181. The Bertz CT molecular complexity index is 337. The van der Waals surface area contributed by atoms with Gasteiger partial charge < -0.3 is 10.5 Å². The summed E-state index contributed by atoms with van der Waals surface area (Å²) in [5, 5.41) is 4.26. The summed E-state index contributed by atoms with van der Waals surface area (Å²) in [4.78, 5) is 0. The largest absolute Gasteiger partial charge is 0.374 e. The fraction of sp³-hybridized carbons (Fsp3) is 0.769. The van der Waals surface area contributed by atoms with Gasteiger partial charge in [0.25, 0.3) is 0 Å². The maximum absolute atomic E-state index is 6.27. The third kappa shape index (κ3) is 3.54. The third-order valence-corrected chi connectivity index (χ3v) is 3.43. The molecule has 1 aromatic heterocycles. The molecule has 0 bridgehead atoms. The first-order valence-electron chi connectivity index (χ1n) is 6.46. The average Bonchev–Trinajstić information content (AvgIpc) is 2.76. The molecule has 0 radical (unpaired) electrons. The van der Waals surface area contributed by atoms with Crippen molar-refractivity contribution >= 4 is 0 Å². The van der Waals surface area contributed by atoms with Crippen molar-refractivity contribution in [1.29, 1.82) is 0 Å². The van der Waals surface area contributed by atoms with Gasteiger partial charge in [-0.1, -0.05) is 6.92 Å². The van der Waals surface area contributed by atoms with E-state index in [1.165, 1.54) is 5.56 Å². The molecule has 0 spiro atoms. The predicted octanol–water partition coefficient (Wildman–Crippen LogP) is 1.98. The number of nitrogens with zero attached hydrogens (tertiary/aromatic N) is 2. The van der Waals surface area contributed by atoms with Gasteiger partial charge in [0, 0.05) is 25.4 Å². The van der Waals surface area contributed by atoms with Gasteiger partial charge in [-0.2, -0.15) is 5.10 Å². The molecule has 0 aromatic carbocycles. The van der Waals surface area contributed by atoms with E-state index < -0.39 is 0 Å². The third-order valence-electron chi connectivity index (χ3n) is 3.43. The lowest BCUT2D eigenvalue weighted by Crippen LogP contribution is -2.48. The number of hydrogen-bond donors (Lipinski definition) is 1. The van der Waals surface area contributed by atoms with Crippen LogP contribution in [0.2, 0.25) is 0 Å². The van der Waals surface area contributed by atoms with Gasteiger partial charge in [0.05, 0.1) is 11.8 Å². The minimum atomic E-state index is -0.247. The van der Waals surface area contributed by atoms with Gasteiger partial charge in [-0.15, -0.1) is 0 Å². The summed E-state index contributed by atoms with van der Waals surface area (Å²) in [5.41, 5.74) is 7.20. The minimum Gasteiger partial charge on any atom is -0.374 e. The molecular formula is C13H25N3O. The summed E-state index contributed by atoms with van der Waals surface area (Å²) in [6.45, 7) is 9.89. The van der Waals surface area contributed by atoms with E-state index in [2.05, 4.69) is 32.1 Å². The zero-order chi connectivity index (χ0) is 12.9. The normalized spacial score (nSPS) is 16.8. The van der Waals surface area contributed by atoms with Crippen molar-refractivity contribution in [3.8, 4) is 0 Å². The molecule has 98 valence electrons. The predicted molar refractivity (Wildman–Crippen MR) is 69.9 cm³/mol. The molecule has 0 saturated carbocycles. The molecule has 0 saturated heterocycles. The van der Waals surface area contributed by atoms with Crippen LogP contribution in [0.15, 0.2) is 12.4 Å². The van der Waals surface area contributed by atoms with Crippen LogP contribution in [-0.4, -0.2) is 28.0 Å². The Morgan fingerprint density at radius 2 is 2.18 bits per heavy atom. The molecule has 0 fully saturated rings. The molecule has 0 aliphatic carbocycles. The van der Waals surface area contributed by atoms with E-state index in [-0.39, 0.29) is 11.6 Å². The number of aryl methyl sites for hydroxylation is 1. The molecule has 2 atom stereocenters. The molecule has 0 aliphatic rings. The second-order valence-electron chi connectivity index (χ2n) is 4.61. The Morgan fingerprint density at radius 1 is 1.47 bits per heavy atom. The highest BCUT2D eigenvalue weighted by Crippen LogP contribution is 2.21. The van der Waals surface area contributed by atoms with Crippen molar-refractivity contribution < 1.29 is 4.74 Å². The molecule has 1 heterocycles. The van der Waals surface area contributed by atoms with Crippen molar-refractivity contribution in [2.75, 3.05) is 6.61 Å². The number of rotatable bonds is 7. The van der Waals surface area contributed by atoms with Crippen LogP contribution in [0, 0.1) is 0 Å². The monoisotopic (exact) mass is 239 g/mol. The fourth-order valence-electron chi connectivity index (χ4n) is 1.96. The highest BCUT2D eigenvalue weighted by Gasteiger charge is 2.30. The first-order chi connectivity index (χ1) is 8.05. The number of hydrogen-bond acceptors (Lipinski definition) is 3. The molecule has 2 N–H and O–H groups in total. The zero-order valence-electron chi connectivity index (χ0n) is 11.4. The topological polar surface area (TPSA) is 53.1 Å². The van der Waals surface area contributed by atoms with Gasteiger partial charge in [-0.3, -0.25) is 4.68 Å². The van der Waals surface area contributed by atoms with Gasteiger partial charge in [-0.05, 0) is 39.2 Å². The van der Waals surface area contributed by atoms with Crippen LogP contribution >= 0.6 is 0 Å². The minimum absolute atomic E-state index is 0.00181. The maximum atomic E-state index is 6.27. The summed E-state index contributed by atoms with van der Waals surface area (Å²) < 4.78 is 7.72. The van der Waals surface area contributed by atoms with E-state index in [0.29, 0.717) is 6.61 Å². The summed E-state index contributed by atoms with van der Waals surface area (Å²) >= 11 is 0. The Labute approximate surface area is 104 Å². The molecule has 17 heavy (non-hydrogen) atoms. The molecule has 4 nitrogen and oxygen atoms in total. The van der Waals surface area contributed by atoms with Gasteiger partial charge in [0.15, 0.2) is 0 Å². The summed E-state index contributed by atoms with van der Waals surface area (Å²) in [6.07, 6.45) is 5.68. The van der Waals surface area contributed by atoms with E-state index >= 15 is 0 Å². The molecule has 2 unspecified atom stereocenters. The molecule has 0 amide bonds. The van der Waals surface area contributed by atoms with Gasteiger partial charge in [-0.25, -0.2) is 0 Å². The van der Waals surface area contributed by atoms with E-state index in [1.54, 1.807) is 0 Å². The number of nitrogens with two attached hydrogens (primary N) is 1. The second-order valence-corrected chi connectivity index (χ2v) is 4.61. The van der Waals surface area contributed by atoms with Crippen molar-refractivity contribution in [1.82, 2.24) is 9.78 Å². The fourth-order valence-corrected chi connectivity index (χ4v) is 1.96. The van der Waals surface area contributed by atoms with Crippen LogP contribution < -0.4 is 5.73 Å². The molecule has 1 aromatic rings. The van der Waals surface area contributed by atoms with Crippen LogP contribution in [0.4, 0.5) is 0 Å². The Balaban J connectivity index is 2.66. The smallest absolute Gasteiger partial charge is 0.0805 e. The van der Waals surface area contributed by atoms with Crippen LogP contribution in [0.5, 0.6) is 0 Å². The Hall–Kier alpha value is -0.870. The lowest BCUT2D eigenvalue weighted by molar-refractivity contribution is -0.0461. The lowest BCUT2D eigenvalue weighted by Gasteiger charge is -2.34. The van der Waals surface area contributed by atoms with Crippen LogP contribution in [0.25, 0.3) is 0 Å². The Kier molecular flexibility index (Phi) is 5.15. The van der Waals surface area contributed by atoms with E-state index in [0.717, 1.165) is 19.4 Å². The van der Waals surface area contributed by atoms with Gasteiger partial charge in [0.2, 0.25) is 0 Å². The van der Waals surface area contributed by atoms with Crippen LogP contribution in [0.3, 0.4) is 0 Å². The standard InChI is InChI=1S/C13H25N3O/c1-5-13(4,17-7-3)12(14)8-11-9-15-16(6-2)10-11/h9-10,12H,5-8,14H2,1-4H3. The van der Waals surface area contributed by atoms with E-state index in [4.69, 9.17) is 10.5 Å². The van der Waals surface area contributed by atoms with Crippen molar-refractivity contribution in [2.45, 2.75) is 58.7 Å². The number of aromatic nitrogens is 2.